The highest BCUT2D eigenvalue weighted by molar-refractivity contribution is 7.17. The minimum absolute atomic E-state index is 0.0661. The summed E-state index contributed by atoms with van der Waals surface area (Å²) in [6.45, 7) is 3.82. The predicted molar refractivity (Wildman–Crippen MR) is 113 cm³/mol. The SMILES string of the molecule is NC(=O)c1c(NC(=O)C[NH+]2CCN(c3ccccc3Cl)CC2)sc2c1CCC2. The lowest BCUT2D eigenvalue weighted by Crippen LogP contribution is -3.15. The second-order valence-corrected chi connectivity index (χ2v) is 8.85. The molecule has 0 unspecified atom stereocenters. The number of piperazine rings is 1. The van der Waals surface area contributed by atoms with Crippen LogP contribution in [-0.4, -0.2) is 44.5 Å². The van der Waals surface area contributed by atoms with E-state index in [1.807, 2.05) is 24.3 Å². The maximum atomic E-state index is 12.6. The number of hydrogen-bond donors (Lipinski definition) is 3. The van der Waals surface area contributed by atoms with Gasteiger partial charge in [0.15, 0.2) is 6.54 Å². The smallest absolute Gasteiger partial charge is 0.280 e. The monoisotopic (exact) mass is 419 g/mol. The van der Waals surface area contributed by atoms with Crippen LogP contribution in [-0.2, 0) is 17.6 Å². The van der Waals surface area contributed by atoms with Gasteiger partial charge in [0.05, 0.1) is 42.5 Å². The lowest BCUT2D eigenvalue weighted by atomic mass is 10.1. The van der Waals surface area contributed by atoms with E-state index in [2.05, 4.69) is 10.2 Å². The maximum Gasteiger partial charge on any atom is 0.280 e. The van der Waals surface area contributed by atoms with Crippen molar-refractivity contribution in [2.45, 2.75) is 19.3 Å². The molecule has 0 atom stereocenters. The van der Waals surface area contributed by atoms with Crippen LogP contribution in [0, 0.1) is 0 Å². The van der Waals surface area contributed by atoms with E-state index in [0.29, 0.717) is 17.1 Å². The highest BCUT2D eigenvalue weighted by Crippen LogP contribution is 2.38. The normalized spacial score (nSPS) is 16.8. The number of para-hydroxylation sites is 1. The topological polar surface area (TPSA) is 79.9 Å². The van der Waals surface area contributed by atoms with Gasteiger partial charge in [0.25, 0.3) is 11.8 Å². The van der Waals surface area contributed by atoms with Crippen molar-refractivity contribution < 1.29 is 14.5 Å². The molecule has 1 saturated heterocycles. The number of anilines is 2. The average Bonchev–Trinajstić information content (AvgIpc) is 3.23. The molecule has 1 aromatic heterocycles. The molecule has 1 aromatic carbocycles. The fourth-order valence-electron chi connectivity index (χ4n) is 4.10. The standard InChI is InChI=1S/C20H23ClN4O2S/c21-14-5-1-2-6-15(14)25-10-8-24(9-11-25)12-17(26)23-20-18(19(22)27)13-4-3-7-16(13)28-20/h1-2,5-6H,3-4,7-12H2,(H2,22,27)(H,23,26)/p+1. The summed E-state index contributed by atoms with van der Waals surface area (Å²) in [5, 5.41) is 4.32. The molecule has 2 aliphatic rings. The van der Waals surface area contributed by atoms with Gasteiger partial charge in [-0.25, -0.2) is 0 Å². The number of rotatable bonds is 5. The van der Waals surface area contributed by atoms with Crippen LogP contribution in [0.1, 0.15) is 27.2 Å². The summed E-state index contributed by atoms with van der Waals surface area (Å²) in [5.74, 6) is -0.515. The van der Waals surface area contributed by atoms with Crippen molar-refractivity contribution in [1.82, 2.24) is 0 Å². The van der Waals surface area contributed by atoms with E-state index < -0.39 is 5.91 Å². The van der Waals surface area contributed by atoms with Crippen LogP contribution in [0.5, 0.6) is 0 Å². The zero-order valence-electron chi connectivity index (χ0n) is 15.6. The van der Waals surface area contributed by atoms with Crippen molar-refractivity contribution in [3.63, 3.8) is 0 Å². The minimum Gasteiger partial charge on any atom is -0.365 e. The Bertz CT molecular complexity index is 906. The number of nitrogens with one attached hydrogen (secondary N) is 2. The first-order valence-corrected chi connectivity index (χ1v) is 10.8. The summed E-state index contributed by atoms with van der Waals surface area (Å²) in [4.78, 5) is 29.1. The molecule has 0 radical (unpaired) electrons. The van der Waals surface area contributed by atoms with Gasteiger partial charge < -0.3 is 20.9 Å². The summed E-state index contributed by atoms with van der Waals surface area (Å²) in [7, 11) is 0. The molecule has 28 heavy (non-hydrogen) atoms. The van der Waals surface area contributed by atoms with E-state index in [0.717, 1.165) is 61.7 Å². The first-order chi connectivity index (χ1) is 13.5. The Hall–Kier alpha value is -2.09. The fraction of sp³-hybridized carbons (Fsp3) is 0.400. The van der Waals surface area contributed by atoms with Gasteiger partial charge in [-0.2, -0.15) is 0 Å². The third-order valence-corrected chi connectivity index (χ3v) is 7.02. The molecule has 8 heteroatoms. The second kappa shape index (κ2) is 8.11. The molecule has 1 aliphatic heterocycles. The molecule has 2 aromatic rings. The number of benzene rings is 1. The lowest BCUT2D eigenvalue weighted by molar-refractivity contribution is -0.892. The first-order valence-electron chi connectivity index (χ1n) is 9.60. The van der Waals surface area contributed by atoms with Gasteiger partial charge in [-0.3, -0.25) is 9.59 Å². The molecule has 1 aliphatic carbocycles. The number of primary amides is 1. The average molecular weight is 420 g/mol. The minimum atomic E-state index is -0.449. The van der Waals surface area contributed by atoms with Gasteiger partial charge in [0.1, 0.15) is 5.00 Å². The van der Waals surface area contributed by atoms with E-state index in [1.54, 1.807) is 0 Å². The van der Waals surface area contributed by atoms with Crippen molar-refractivity contribution in [2.24, 2.45) is 5.73 Å². The highest BCUT2D eigenvalue weighted by atomic mass is 35.5. The van der Waals surface area contributed by atoms with Crippen LogP contribution in [0.15, 0.2) is 24.3 Å². The first kappa shape index (κ1) is 19.2. The molecule has 4 rings (SSSR count). The van der Waals surface area contributed by atoms with E-state index in [1.165, 1.54) is 21.1 Å². The number of carbonyl (C=O) groups is 2. The third kappa shape index (κ3) is 3.87. The number of quaternary nitrogens is 1. The van der Waals surface area contributed by atoms with Crippen LogP contribution in [0.25, 0.3) is 0 Å². The summed E-state index contributed by atoms with van der Waals surface area (Å²) in [6, 6.07) is 7.85. The van der Waals surface area contributed by atoms with Crippen molar-refractivity contribution in [1.29, 1.82) is 0 Å². The van der Waals surface area contributed by atoms with E-state index in [-0.39, 0.29) is 5.91 Å². The summed E-state index contributed by atoms with van der Waals surface area (Å²) >= 11 is 7.79. The molecule has 2 amide bonds. The van der Waals surface area contributed by atoms with E-state index in [9.17, 15) is 9.59 Å². The summed E-state index contributed by atoms with van der Waals surface area (Å²) < 4.78 is 0. The summed E-state index contributed by atoms with van der Waals surface area (Å²) in [5.41, 5.74) is 8.17. The largest absolute Gasteiger partial charge is 0.365 e. The Morgan fingerprint density at radius 2 is 1.96 bits per heavy atom. The highest BCUT2D eigenvalue weighted by Gasteiger charge is 2.28. The third-order valence-electron chi connectivity index (χ3n) is 5.49. The van der Waals surface area contributed by atoms with E-state index >= 15 is 0 Å². The van der Waals surface area contributed by atoms with Crippen LogP contribution in [0.4, 0.5) is 10.7 Å². The number of aryl methyl sites for hydroxylation is 1. The van der Waals surface area contributed by atoms with Gasteiger partial charge in [0, 0.05) is 4.88 Å². The molecule has 4 N–H and O–H groups in total. The van der Waals surface area contributed by atoms with Crippen LogP contribution < -0.4 is 20.9 Å². The molecule has 0 bridgehead atoms. The number of amides is 2. The molecule has 2 heterocycles. The number of nitrogens with two attached hydrogens (primary N) is 1. The van der Waals surface area contributed by atoms with Gasteiger partial charge in [-0.1, -0.05) is 23.7 Å². The van der Waals surface area contributed by atoms with Crippen molar-refractivity contribution in [2.75, 3.05) is 42.9 Å². The van der Waals surface area contributed by atoms with Crippen molar-refractivity contribution in [3.8, 4) is 0 Å². The number of nitrogens with zero attached hydrogens (tertiary/aromatic N) is 1. The number of halogens is 1. The Morgan fingerprint density at radius 1 is 1.21 bits per heavy atom. The lowest BCUT2D eigenvalue weighted by Gasteiger charge is -2.33. The van der Waals surface area contributed by atoms with Gasteiger partial charge in [-0.05, 0) is 37.0 Å². The number of hydrogen-bond acceptors (Lipinski definition) is 4. The molecular weight excluding hydrogens is 396 g/mol. The number of fused-ring (bicyclic) bond motifs is 1. The molecule has 0 saturated carbocycles. The molecule has 1 fully saturated rings. The predicted octanol–water partition coefficient (Wildman–Crippen LogP) is 1.33. The fourth-order valence-corrected chi connectivity index (χ4v) is 5.67. The van der Waals surface area contributed by atoms with Crippen LogP contribution >= 0.6 is 22.9 Å². The quantitative estimate of drug-likeness (QED) is 0.684. The Morgan fingerprint density at radius 3 is 2.68 bits per heavy atom. The van der Waals surface area contributed by atoms with Crippen molar-refractivity contribution in [3.05, 3.63) is 45.3 Å². The zero-order chi connectivity index (χ0) is 19.7. The van der Waals surface area contributed by atoms with E-state index in [4.69, 9.17) is 17.3 Å². The molecule has 0 spiro atoms. The Labute approximate surface area is 173 Å². The summed E-state index contributed by atoms with van der Waals surface area (Å²) in [6.07, 6.45) is 2.89. The number of carbonyl (C=O) groups excluding carboxylic acids is 2. The van der Waals surface area contributed by atoms with Crippen molar-refractivity contribution >= 4 is 45.4 Å². The molecule has 6 nitrogen and oxygen atoms in total. The van der Waals surface area contributed by atoms with Crippen LogP contribution in [0.2, 0.25) is 5.02 Å². The second-order valence-electron chi connectivity index (χ2n) is 7.34. The maximum absolute atomic E-state index is 12.6. The van der Waals surface area contributed by atoms with Gasteiger partial charge >= 0.3 is 0 Å². The molecule has 148 valence electrons. The van der Waals surface area contributed by atoms with Gasteiger partial charge in [-0.15, -0.1) is 11.3 Å². The Balaban J connectivity index is 1.35. The zero-order valence-corrected chi connectivity index (χ0v) is 17.2. The van der Waals surface area contributed by atoms with Crippen LogP contribution in [0.3, 0.4) is 0 Å². The van der Waals surface area contributed by atoms with Gasteiger partial charge in [0.2, 0.25) is 0 Å². The number of thiophene rings is 1. The Kier molecular flexibility index (Phi) is 5.57. The molecular formula is C20H24ClN4O2S+.